The zero-order valence-corrected chi connectivity index (χ0v) is 44.1. The van der Waals surface area contributed by atoms with Crippen LogP contribution in [0.15, 0.2) is 11.6 Å². The van der Waals surface area contributed by atoms with Crippen LogP contribution in [0, 0.1) is 50.2 Å². The molecule has 424 valence electrons. The van der Waals surface area contributed by atoms with Crippen LogP contribution in [-0.4, -0.2) is 210 Å². The highest BCUT2D eigenvalue weighted by atomic mass is 16.8. The first kappa shape index (κ1) is 57.1. The van der Waals surface area contributed by atoms with E-state index in [1.807, 2.05) is 0 Å². The quantitative estimate of drug-likeness (QED) is 0.0971. The zero-order valence-electron chi connectivity index (χ0n) is 44.1. The van der Waals surface area contributed by atoms with Gasteiger partial charge in [0.05, 0.1) is 37.4 Å². The van der Waals surface area contributed by atoms with Gasteiger partial charge in [-0.3, -0.25) is 4.79 Å². The van der Waals surface area contributed by atoms with Crippen molar-refractivity contribution in [2.45, 2.75) is 242 Å². The molecule has 21 heteroatoms. The van der Waals surface area contributed by atoms with Crippen molar-refractivity contribution < 1.29 is 104 Å². The Kier molecular flexibility index (Phi) is 15.8. The van der Waals surface area contributed by atoms with Gasteiger partial charge in [-0.1, -0.05) is 60.1 Å². The van der Waals surface area contributed by atoms with E-state index in [4.69, 9.17) is 37.9 Å². The first-order valence-corrected chi connectivity index (χ1v) is 27.1. The van der Waals surface area contributed by atoms with E-state index in [2.05, 4.69) is 54.5 Å². The molecule has 4 aliphatic heterocycles. The molecule has 21 nitrogen and oxygen atoms in total. The Morgan fingerprint density at radius 2 is 1.24 bits per heavy atom. The van der Waals surface area contributed by atoms with Crippen molar-refractivity contribution in [2.24, 2.45) is 50.2 Å². The van der Waals surface area contributed by atoms with Crippen LogP contribution in [0.4, 0.5) is 0 Å². The predicted molar refractivity (Wildman–Crippen MR) is 256 cm³/mol. The molecule has 0 radical (unpaired) electrons. The Morgan fingerprint density at radius 3 is 1.92 bits per heavy atom. The number of rotatable bonds is 11. The van der Waals surface area contributed by atoms with E-state index in [0.717, 1.165) is 44.9 Å². The maximum Gasteiger partial charge on any atom is 0.310 e. The van der Waals surface area contributed by atoms with Gasteiger partial charge in [0.2, 0.25) is 0 Å². The van der Waals surface area contributed by atoms with Crippen LogP contribution < -0.4 is 0 Å². The van der Waals surface area contributed by atoms with E-state index in [-0.39, 0.29) is 46.2 Å². The van der Waals surface area contributed by atoms with Crippen molar-refractivity contribution in [1.82, 2.24) is 0 Å². The Morgan fingerprint density at radius 1 is 0.635 bits per heavy atom. The van der Waals surface area contributed by atoms with Gasteiger partial charge in [0.25, 0.3) is 0 Å². The lowest BCUT2D eigenvalue weighted by Gasteiger charge is -2.71. The third kappa shape index (κ3) is 9.27. The van der Waals surface area contributed by atoms with Gasteiger partial charge >= 0.3 is 5.97 Å². The fourth-order valence-corrected chi connectivity index (χ4v) is 16.2. The van der Waals surface area contributed by atoms with Crippen LogP contribution in [0.1, 0.15) is 120 Å². The van der Waals surface area contributed by atoms with Crippen LogP contribution in [0.2, 0.25) is 0 Å². The maximum absolute atomic E-state index is 13.2. The molecule has 4 saturated carbocycles. The second kappa shape index (κ2) is 20.5. The van der Waals surface area contributed by atoms with Crippen molar-refractivity contribution >= 4 is 5.97 Å². The molecule has 8 fully saturated rings. The summed E-state index contributed by atoms with van der Waals surface area (Å²) >= 11 is 0. The summed E-state index contributed by atoms with van der Waals surface area (Å²) in [5.74, 6) is -0.0720. The highest BCUT2D eigenvalue weighted by Gasteiger charge is 2.70. The van der Waals surface area contributed by atoms with Gasteiger partial charge < -0.3 is 99.2 Å². The maximum atomic E-state index is 13.2. The average Bonchev–Trinajstić information content (AvgIpc) is 3.34. The number of hydrogen-bond donors (Lipinski definition) is 12. The van der Waals surface area contributed by atoms with E-state index in [1.165, 1.54) is 12.5 Å². The van der Waals surface area contributed by atoms with Crippen LogP contribution in [0.3, 0.4) is 0 Å². The average molecular weight is 1060 g/mol. The molecule has 0 aromatic rings. The third-order valence-electron chi connectivity index (χ3n) is 21.0. The van der Waals surface area contributed by atoms with Gasteiger partial charge in [-0.05, 0) is 116 Å². The molecule has 0 amide bonds. The summed E-state index contributed by atoms with van der Waals surface area (Å²) in [5.41, 5.74) is 0.0337. The van der Waals surface area contributed by atoms with Crippen LogP contribution in [-0.2, 0) is 42.7 Å². The standard InChI is InChI=1S/C53H86O21/c1-23-41(73-45-39(63)36(60)34(58)28(71-45)22-68-43-38(62)35(59)33(57)27(20-54)70-43)37(61)40(64)44(69-23)74-42-32(56)26(55)21-67-46(42)72-31-12-13-50(6)29(49(31,4)5)11-14-52(8)30(50)10-9-24-25-19-48(2,3)15-17-53(25,47(65)66)18-16-51(24,52)7/h9,23,25-46,54-64H,10-22H2,1-8H3,(H,65,66)/t23-,25+,26-,27+,28-,29+,30+,31+,32-,33+,34+,35-,36-,37-,38+,39+,40+,41+,42+,43+,44+,45-,46-,50+,51+,52+,53-/m0/s1. The number of hydrogen-bond acceptors (Lipinski definition) is 20. The van der Waals surface area contributed by atoms with Gasteiger partial charge in [0.1, 0.15) is 85.5 Å². The summed E-state index contributed by atoms with van der Waals surface area (Å²) in [6, 6.07) is 0. The molecule has 12 N–H and O–H groups in total. The minimum absolute atomic E-state index is 0.0164. The normalized spacial score (nSPS) is 54.1. The Bertz CT molecular complexity index is 2040. The number of carboxylic acids is 1. The molecular formula is C53H86O21. The van der Waals surface area contributed by atoms with Gasteiger partial charge in [-0.2, -0.15) is 0 Å². The summed E-state index contributed by atoms with van der Waals surface area (Å²) in [5, 5.41) is 129. The first-order chi connectivity index (χ1) is 34.6. The minimum atomic E-state index is -1.90. The number of aliphatic hydroxyl groups excluding tert-OH is 11. The Labute approximate surface area is 433 Å². The Balaban J connectivity index is 0.858. The second-order valence-corrected chi connectivity index (χ2v) is 25.9. The SMILES string of the molecule is C[C@@H]1O[C@H](O[C@H]2[C@H](O[C@@H]3CC[C@]4(C)[C@H](CC[C@]5(C)[C@@H]4CC=C4[C@H]6CC(C)(C)CC[C@]6(C(=O)O)CC[C@]45C)C3(C)C)OC[C@H](O)[C@@H]2O)[C@H](O)[C@H](O)[C@@H]1O[C@@H]1O[C@@H](CO[C@@H]2O[C@H](CO)[C@@H](O)[C@H](O)[C@H]2O)[C@@H](O)[C@H](O)[C@H]1O. The molecule has 27 atom stereocenters. The number of allylic oxidation sites excluding steroid dienone is 2. The lowest BCUT2D eigenvalue weighted by molar-refractivity contribution is -0.382. The molecule has 4 saturated heterocycles. The number of carboxylic acid groups (broad SMARTS) is 1. The second-order valence-electron chi connectivity index (χ2n) is 25.9. The van der Waals surface area contributed by atoms with E-state index in [1.54, 1.807) is 0 Å². The minimum Gasteiger partial charge on any atom is -0.481 e. The van der Waals surface area contributed by atoms with E-state index in [9.17, 15) is 66.1 Å². The predicted octanol–water partition coefficient (Wildman–Crippen LogP) is 0.197. The molecule has 0 spiro atoms. The summed E-state index contributed by atoms with van der Waals surface area (Å²) in [7, 11) is 0. The van der Waals surface area contributed by atoms with Crippen molar-refractivity contribution in [2.75, 3.05) is 19.8 Å². The zero-order chi connectivity index (χ0) is 54.0. The molecule has 0 aromatic heterocycles. The monoisotopic (exact) mass is 1060 g/mol. The molecular weight excluding hydrogens is 973 g/mol. The molecule has 0 aromatic carbocycles. The molecule has 5 aliphatic carbocycles. The van der Waals surface area contributed by atoms with Gasteiger partial charge in [0.15, 0.2) is 25.2 Å². The molecule has 9 aliphatic rings. The highest BCUT2D eigenvalue weighted by molar-refractivity contribution is 5.76. The van der Waals surface area contributed by atoms with Gasteiger partial charge in [-0.15, -0.1) is 0 Å². The largest absolute Gasteiger partial charge is 0.481 e. The number of aliphatic carboxylic acids is 1. The van der Waals surface area contributed by atoms with Crippen LogP contribution >= 0.6 is 0 Å². The van der Waals surface area contributed by atoms with Crippen molar-refractivity contribution in [3.8, 4) is 0 Å². The topological polar surface area (TPSA) is 334 Å². The van der Waals surface area contributed by atoms with Crippen LogP contribution in [0.5, 0.6) is 0 Å². The molecule has 0 bridgehead atoms. The lowest BCUT2D eigenvalue weighted by atomic mass is 9.33. The lowest BCUT2D eigenvalue weighted by Crippen LogP contribution is -2.66. The van der Waals surface area contributed by atoms with E-state index < -0.39 is 147 Å². The van der Waals surface area contributed by atoms with E-state index in [0.29, 0.717) is 25.2 Å². The van der Waals surface area contributed by atoms with E-state index >= 15 is 0 Å². The number of ether oxygens (including phenoxy) is 8. The van der Waals surface area contributed by atoms with Crippen molar-refractivity contribution in [3.63, 3.8) is 0 Å². The van der Waals surface area contributed by atoms with Crippen molar-refractivity contribution in [1.29, 1.82) is 0 Å². The summed E-state index contributed by atoms with van der Waals surface area (Å²) in [4.78, 5) is 13.2. The molecule has 74 heavy (non-hydrogen) atoms. The fourth-order valence-electron chi connectivity index (χ4n) is 16.2. The summed E-state index contributed by atoms with van der Waals surface area (Å²) in [6.45, 7) is 16.2. The number of aliphatic hydroxyl groups is 11. The molecule has 9 rings (SSSR count). The van der Waals surface area contributed by atoms with Gasteiger partial charge in [-0.25, -0.2) is 0 Å². The van der Waals surface area contributed by atoms with Crippen LogP contribution in [0.25, 0.3) is 0 Å². The first-order valence-electron chi connectivity index (χ1n) is 27.1. The third-order valence-corrected chi connectivity index (χ3v) is 21.0. The summed E-state index contributed by atoms with van der Waals surface area (Å²) < 4.78 is 47.7. The Hall–Kier alpha value is -1.55. The fraction of sp³-hybridized carbons (Fsp3) is 0.943. The smallest absolute Gasteiger partial charge is 0.310 e. The molecule has 0 unspecified atom stereocenters. The van der Waals surface area contributed by atoms with Gasteiger partial charge in [0, 0.05) is 0 Å². The summed E-state index contributed by atoms with van der Waals surface area (Å²) in [6.07, 6.45) is -19.9. The number of fused-ring (bicyclic) bond motifs is 7. The number of carbonyl (C=O) groups is 1. The highest BCUT2D eigenvalue weighted by Crippen LogP contribution is 2.76. The molecule has 4 heterocycles. The van der Waals surface area contributed by atoms with Crippen molar-refractivity contribution in [3.05, 3.63) is 11.6 Å².